The molecule has 3 aliphatic rings. The Balaban J connectivity index is 0.00000210. The van der Waals surface area contributed by atoms with Gasteiger partial charge in [-0.1, -0.05) is 18.2 Å². The molecular formula is C20H27F2IN4. The highest BCUT2D eigenvalue weighted by Crippen LogP contribution is 2.43. The normalized spacial score (nSPS) is 27.7. The Bertz CT molecular complexity index is 696. The molecule has 1 saturated carbocycles. The number of hydrogen-bond acceptors (Lipinski definition) is 2. The SMILES string of the molecule is CCN=C(NC1CC1c1c(F)cccc1F)N1CCC(N2CC=CC2)C1.I. The van der Waals surface area contributed by atoms with Gasteiger partial charge in [0.1, 0.15) is 11.6 Å². The van der Waals surface area contributed by atoms with Gasteiger partial charge in [0.25, 0.3) is 0 Å². The van der Waals surface area contributed by atoms with E-state index in [0.29, 0.717) is 12.6 Å². The van der Waals surface area contributed by atoms with Gasteiger partial charge in [0.05, 0.1) is 0 Å². The lowest BCUT2D eigenvalue weighted by Gasteiger charge is -2.25. The van der Waals surface area contributed by atoms with E-state index < -0.39 is 11.6 Å². The van der Waals surface area contributed by atoms with Gasteiger partial charge >= 0.3 is 0 Å². The van der Waals surface area contributed by atoms with Crippen LogP contribution in [0.5, 0.6) is 0 Å². The molecule has 1 aromatic carbocycles. The van der Waals surface area contributed by atoms with E-state index >= 15 is 0 Å². The van der Waals surface area contributed by atoms with Crippen molar-refractivity contribution in [3.8, 4) is 0 Å². The van der Waals surface area contributed by atoms with E-state index in [-0.39, 0.29) is 41.5 Å². The maximum atomic E-state index is 14.0. The van der Waals surface area contributed by atoms with Crippen LogP contribution in [0.15, 0.2) is 35.3 Å². The van der Waals surface area contributed by atoms with E-state index in [0.717, 1.165) is 45.0 Å². The van der Waals surface area contributed by atoms with E-state index in [1.54, 1.807) is 0 Å². The first kappa shape index (κ1) is 20.5. The summed E-state index contributed by atoms with van der Waals surface area (Å²) in [5.74, 6) is -0.127. The van der Waals surface area contributed by atoms with Crippen LogP contribution in [0.4, 0.5) is 8.78 Å². The third-order valence-electron chi connectivity index (χ3n) is 5.61. The van der Waals surface area contributed by atoms with Crippen molar-refractivity contribution in [2.75, 3.05) is 32.7 Å². The molecule has 2 fully saturated rings. The van der Waals surface area contributed by atoms with Crippen LogP contribution < -0.4 is 5.32 Å². The van der Waals surface area contributed by atoms with Crippen LogP contribution in [-0.4, -0.2) is 60.6 Å². The van der Waals surface area contributed by atoms with Gasteiger partial charge in [-0.15, -0.1) is 24.0 Å². The lowest BCUT2D eigenvalue weighted by atomic mass is 10.1. The average molecular weight is 488 g/mol. The van der Waals surface area contributed by atoms with Gasteiger partial charge in [-0.2, -0.15) is 0 Å². The van der Waals surface area contributed by atoms with E-state index in [1.807, 2.05) is 6.92 Å². The van der Waals surface area contributed by atoms with E-state index in [1.165, 1.54) is 18.2 Å². The van der Waals surface area contributed by atoms with Crippen molar-refractivity contribution in [1.82, 2.24) is 15.1 Å². The van der Waals surface area contributed by atoms with Crippen LogP contribution in [0.25, 0.3) is 0 Å². The average Bonchev–Trinajstić information content (AvgIpc) is 3.06. The number of rotatable bonds is 4. The number of nitrogens with one attached hydrogen (secondary N) is 1. The zero-order chi connectivity index (χ0) is 18.1. The van der Waals surface area contributed by atoms with Crippen LogP contribution in [-0.2, 0) is 0 Å². The summed E-state index contributed by atoms with van der Waals surface area (Å²) < 4.78 is 28.0. The Morgan fingerprint density at radius 3 is 2.59 bits per heavy atom. The number of hydrogen-bond donors (Lipinski definition) is 1. The molecule has 3 unspecified atom stereocenters. The summed E-state index contributed by atoms with van der Waals surface area (Å²) in [6, 6.07) is 4.70. The highest BCUT2D eigenvalue weighted by Gasteiger charge is 2.43. The Morgan fingerprint density at radius 2 is 1.93 bits per heavy atom. The quantitative estimate of drug-likeness (QED) is 0.305. The predicted molar refractivity (Wildman–Crippen MR) is 115 cm³/mol. The van der Waals surface area contributed by atoms with E-state index in [2.05, 4.69) is 32.3 Å². The molecule has 7 heteroatoms. The van der Waals surface area contributed by atoms with Crippen LogP contribution in [0.2, 0.25) is 0 Å². The molecule has 1 aliphatic carbocycles. The van der Waals surface area contributed by atoms with Gasteiger partial charge in [-0.25, -0.2) is 8.78 Å². The molecule has 2 aliphatic heterocycles. The van der Waals surface area contributed by atoms with Gasteiger partial charge < -0.3 is 10.2 Å². The minimum absolute atomic E-state index is 0. The second-order valence-corrected chi connectivity index (χ2v) is 7.34. The summed E-state index contributed by atoms with van der Waals surface area (Å²) in [6.45, 7) is 6.70. The molecule has 0 bridgehead atoms. The summed E-state index contributed by atoms with van der Waals surface area (Å²) in [5.41, 5.74) is 0.211. The molecule has 1 aromatic rings. The summed E-state index contributed by atoms with van der Waals surface area (Å²) in [5, 5.41) is 3.46. The molecule has 27 heavy (non-hydrogen) atoms. The molecule has 0 aromatic heterocycles. The first-order chi connectivity index (χ1) is 12.7. The maximum Gasteiger partial charge on any atom is 0.194 e. The van der Waals surface area contributed by atoms with Gasteiger partial charge in [-0.3, -0.25) is 9.89 Å². The third-order valence-corrected chi connectivity index (χ3v) is 5.61. The molecule has 0 spiro atoms. The molecule has 1 saturated heterocycles. The van der Waals surface area contributed by atoms with Crippen LogP contribution in [0.1, 0.15) is 31.2 Å². The highest BCUT2D eigenvalue weighted by molar-refractivity contribution is 14.0. The smallest absolute Gasteiger partial charge is 0.194 e. The number of nitrogens with zero attached hydrogens (tertiary/aromatic N) is 3. The van der Waals surface area contributed by atoms with Crippen LogP contribution in [0, 0.1) is 11.6 Å². The Hall–Kier alpha value is -1.22. The van der Waals surface area contributed by atoms with Gasteiger partial charge in [0.15, 0.2) is 5.96 Å². The minimum Gasteiger partial charge on any atom is -0.353 e. The number of likely N-dealkylation sites (tertiary alicyclic amines) is 1. The maximum absolute atomic E-state index is 14.0. The fraction of sp³-hybridized carbons (Fsp3) is 0.550. The first-order valence-corrected chi connectivity index (χ1v) is 9.56. The van der Waals surface area contributed by atoms with Gasteiger partial charge in [-0.05, 0) is 31.9 Å². The molecule has 4 nitrogen and oxygen atoms in total. The number of benzene rings is 1. The van der Waals surface area contributed by atoms with Gasteiger partial charge in [0, 0.05) is 56.3 Å². The zero-order valence-electron chi connectivity index (χ0n) is 15.6. The largest absolute Gasteiger partial charge is 0.353 e. The van der Waals surface area contributed by atoms with Crippen molar-refractivity contribution in [2.45, 2.75) is 37.8 Å². The van der Waals surface area contributed by atoms with Crippen LogP contribution in [0.3, 0.4) is 0 Å². The fourth-order valence-corrected chi connectivity index (χ4v) is 4.12. The fourth-order valence-electron chi connectivity index (χ4n) is 4.12. The summed E-state index contributed by atoms with van der Waals surface area (Å²) in [7, 11) is 0. The molecule has 0 radical (unpaired) electrons. The van der Waals surface area contributed by atoms with Gasteiger partial charge in [0.2, 0.25) is 0 Å². The monoisotopic (exact) mass is 488 g/mol. The standard InChI is InChI=1S/C20H26F2N4.HI/c1-2-23-20(26-11-8-14(13-26)25-9-3-4-10-25)24-18-12-15(18)19-16(21)6-5-7-17(19)22;/h3-7,14-15,18H,2,8-13H2,1H3,(H,23,24);1H. The topological polar surface area (TPSA) is 30.9 Å². The Kier molecular flexibility index (Phi) is 6.73. The number of aliphatic imine (C=N–C) groups is 1. The van der Waals surface area contributed by atoms with E-state index in [4.69, 9.17) is 0 Å². The minimum atomic E-state index is -0.448. The Labute approximate surface area is 176 Å². The molecule has 148 valence electrons. The lowest BCUT2D eigenvalue weighted by molar-refractivity contribution is 0.259. The van der Waals surface area contributed by atoms with Crippen molar-refractivity contribution in [1.29, 1.82) is 0 Å². The summed E-state index contributed by atoms with van der Waals surface area (Å²) in [4.78, 5) is 9.41. The second-order valence-electron chi connectivity index (χ2n) is 7.34. The summed E-state index contributed by atoms with van der Waals surface area (Å²) >= 11 is 0. The number of halogens is 3. The molecule has 4 rings (SSSR count). The van der Waals surface area contributed by atoms with Crippen molar-refractivity contribution in [3.05, 3.63) is 47.5 Å². The first-order valence-electron chi connectivity index (χ1n) is 9.56. The number of guanidine groups is 1. The zero-order valence-corrected chi connectivity index (χ0v) is 17.9. The molecule has 0 amide bonds. The van der Waals surface area contributed by atoms with Crippen LogP contribution >= 0.6 is 24.0 Å². The van der Waals surface area contributed by atoms with Crippen molar-refractivity contribution in [2.24, 2.45) is 4.99 Å². The molecule has 1 N–H and O–H groups in total. The lowest BCUT2D eigenvalue weighted by Crippen LogP contribution is -2.44. The van der Waals surface area contributed by atoms with Crippen molar-refractivity contribution < 1.29 is 8.78 Å². The van der Waals surface area contributed by atoms with Crippen molar-refractivity contribution >= 4 is 29.9 Å². The molecule has 2 heterocycles. The Morgan fingerprint density at radius 1 is 1.22 bits per heavy atom. The summed E-state index contributed by atoms with van der Waals surface area (Å²) in [6.07, 6.45) is 6.31. The molecular weight excluding hydrogens is 461 g/mol. The molecule has 3 atom stereocenters. The highest BCUT2D eigenvalue weighted by atomic mass is 127. The second kappa shape index (κ2) is 8.86. The van der Waals surface area contributed by atoms with E-state index in [9.17, 15) is 8.78 Å². The predicted octanol–water partition coefficient (Wildman–Crippen LogP) is 3.35. The van der Waals surface area contributed by atoms with Crippen molar-refractivity contribution in [3.63, 3.8) is 0 Å². The third kappa shape index (κ3) is 4.45.